The normalized spacial score (nSPS) is 12.9. The van der Waals surface area contributed by atoms with Gasteiger partial charge in [0.25, 0.3) is 0 Å². The first-order valence-corrected chi connectivity index (χ1v) is 14.3. The van der Waals surface area contributed by atoms with Gasteiger partial charge in [-0.05, 0) is 67.3 Å². The average molecular weight is 545 g/mol. The number of rotatable bonds is 13. The maximum Gasteiger partial charge on any atom is 0.318 e. The molecule has 0 unspecified atom stereocenters. The molecule has 210 valence electrons. The quantitative estimate of drug-likeness (QED) is 0.184. The number of hydrogen-bond donors (Lipinski definition) is 1. The molecule has 0 spiro atoms. The SMILES string of the molecule is CCN(CC=Cc1ccccc1)c1ccc(C(C)(C(=O)O)c2ccc(N(CC)CC=Cc3ccccc3)cc2)cc1. The van der Waals surface area contributed by atoms with Crippen LogP contribution >= 0.6 is 0 Å². The summed E-state index contributed by atoms with van der Waals surface area (Å²) in [5, 5.41) is 10.4. The molecule has 0 aromatic heterocycles. The van der Waals surface area contributed by atoms with E-state index in [0.29, 0.717) is 0 Å². The molecule has 0 heterocycles. The van der Waals surface area contributed by atoms with Crippen molar-refractivity contribution in [2.75, 3.05) is 36.0 Å². The number of aliphatic carboxylic acids is 1. The maximum absolute atomic E-state index is 12.7. The lowest BCUT2D eigenvalue weighted by Gasteiger charge is -2.29. The van der Waals surface area contributed by atoms with Crippen molar-refractivity contribution >= 4 is 29.5 Å². The Morgan fingerprint density at radius 2 is 1.00 bits per heavy atom. The van der Waals surface area contributed by atoms with Crippen molar-refractivity contribution in [2.45, 2.75) is 26.2 Å². The number of likely N-dealkylation sites (N-methyl/N-ethyl adjacent to an activating group) is 2. The van der Waals surface area contributed by atoms with E-state index in [1.165, 1.54) is 11.1 Å². The molecule has 0 fully saturated rings. The van der Waals surface area contributed by atoms with Gasteiger partial charge >= 0.3 is 5.97 Å². The monoisotopic (exact) mass is 544 g/mol. The van der Waals surface area contributed by atoms with Gasteiger partial charge in [0.15, 0.2) is 0 Å². The predicted octanol–water partition coefficient (Wildman–Crippen LogP) is 8.16. The molecule has 0 bridgehead atoms. The lowest BCUT2D eigenvalue weighted by atomic mass is 9.76. The highest BCUT2D eigenvalue weighted by atomic mass is 16.4. The van der Waals surface area contributed by atoms with E-state index in [1.54, 1.807) is 6.92 Å². The number of benzene rings is 4. The topological polar surface area (TPSA) is 43.8 Å². The molecule has 1 N–H and O–H groups in total. The van der Waals surface area contributed by atoms with Crippen molar-refractivity contribution in [3.8, 4) is 0 Å². The van der Waals surface area contributed by atoms with Gasteiger partial charge in [0.05, 0.1) is 0 Å². The number of carbonyl (C=O) groups is 1. The van der Waals surface area contributed by atoms with Gasteiger partial charge in [-0.3, -0.25) is 4.79 Å². The third-order valence-corrected chi connectivity index (χ3v) is 7.68. The van der Waals surface area contributed by atoms with Crippen LogP contribution in [0.2, 0.25) is 0 Å². The minimum Gasteiger partial charge on any atom is -0.480 e. The Hall–Kier alpha value is -4.57. The molecule has 0 aliphatic rings. The Kier molecular flexibility index (Phi) is 10.2. The Labute approximate surface area is 244 Å². The van der Waals surface area contributed by atoms with Gasteiger partial charge in [0.2, 0.25) is 0 Å². The van der Waals surface area contributed by atoms with Gasteiger partial charge in [-0.15, -0.1) is 0 Å². The standard InChI is InChI=1S/C37H40N2O2/c1-4-38(28-12-18-30-14-8-6-9-15-30)34-24-20-32(21-25-34)37(3,36(40)41)33-22-26-35(27-23-33)39(5-2)29-13-19-31-16-10-7-11-17-31/h6-27H,4-5,28-29H2,1-3H3,(H,40,41). The average Bonchev–Trinajstić information content (AvgIpc) is 3.02. The molecular weight excluding hydrogens is 504 g/mol. The summed E-state index contributed by atoms with van der Waals surface area (Å²) in [4.78, 5) is 17.2. The van der Waals surface area contributed by atoms with Crippen molar-refractivity contribution in [1.82, 2.24) is 0 Å². The van der Waals surface area contributed by atoms with Crippen LogP contribution in [0.15, 0.2) is 121 Å². The second-order valence-corrected chi connectivity index (χ2v) is 10.2. The van der Waals surface area contributed by atoms with Crippen LogP contribution in [-0.2, 0) is 10.2 Å². The van der Waals surface area contributed by atoms with Crippen molar-refractivity contribution in [1.29, 1.82) is 0 Å². The fraction of sp³-hybridized carbons (Fsp3) is 0.216. The summed E-state index contributed by atoms with van der Waals surface area (Å²) < 4.78 is 0. The van der Waals surface area contributed by atoms with E-state index in [0.717, 1.165) is 48.7 Å². The third-order valence-electron chi connectivity index (χ3n) is 7.68. The van der Waals surface area contributed by atoms with E-state index >= 15 is 0 Å². The third kappa shape index (κ3) is 7.34. The largest absolute Gasteiger partial charge is 0.480 e. The Morgan fingerprint density at radius 1 is 0.634 bits per heavy atom. The minimum absolute atomic E-state index is 0.760. The Bertz CT molecular complexity index is 1320. The van der Waals surface area contributed by atoms with Crippen LogP contribution in [0.3, 0.4) is 0 Å². The molecule has 0 radical (unpaired) electrons. The summed E-state index contributed by atoms with van der Waals surface area (Å²) >= 11 is 0. The second kappa shape index (κ2) is 14.2. The van der Waals surface area contributed by atoms with E-state index < -0.39 is 11.4 Å². The number of carboxylic acids is 1. The van der Waals surface area contributed by atoms with Crippen LogP contribution in [0.5, 0.6) is 0 Å². The molecule has 4 aromatic carbocycles. The van der Waals surface area contributed by atoms with E-state index in [1.807, 2.05) is 84.9 Å². The van der Waals surface area contributed by atoms with Crippen LogP contribution in [0.1, 0.15) is 43.0 Å². The van der Waals surface area contributed by atoms with Crippen molar-refractivity contribution in [3.63, 3.8) is 0 Å². The van der Waals surface area contributed by atoms with Crippen LogP contribution in [0, 0.1) is 0 Å². The number of carboxylic acid groups (broad SMARTS) is 1. The first-order chi connectivity index (χ1) is 20.0. The minimum atomic E-state index is -1.16. The number of hydrogen-bond acceptors (Lipinski definition) is 3. The first-order valence-electron chi connectivity index (χ1n) is 14.3. The lowest BCUT2D eigenvalue weighted by Crippen LogP contribution is -2.34. The summed E-state index contributed by atoms with van der Waals surface area (Å²) in [6.07, 6.45) is 8.57. The molecule has 4 nitrogen and oxygen atoms in total. The van der Waals surface area contributed by atoms with Gasteiger partial charge < -0.3 is 14.9 Å². The molecule has 41 heavy (non-hydrogen) atoms. The molecule has 0 amide bonds. The van der Waals surface area contributed by atoms with E-state index in [-0.39, 0.29) is 0 Å². The van der Waals surface area contributed by atoms with Crippen LogP contribution in [-0.4, -0.2) is 37.3 Å². The lowest BCUT2D eigenvalue weighted by molar-refractivity contribution is -0.141. The van der Waals surface area contributed by atoms with Gasteiger partial charge in [-0.1, -0.05) is 109 Å². The zero-order valence-corrected chi connectivity index (χ0v) is 24.3. The fourth-order valence-corrected chi connectivity index (χ4v) is 5.02. The van der Waals surface area contributed by atoms with Crippen molar-refractivity contribution < 1.29 is 9.90 Å². The van der Waals surface area contributed by atoms with Crippen molar-refractivity contribution in [2.24, 2.45) is 0 Å². The van der Waals surface area contributed by atoms with Crippen LogP contribution in [0.25, 0.3) is 12.2 Å². The summed E-state index contributed by atoms with van der Waals surface area (Å²) in [6, 6.07) is 36.5. The second-order valence-electron chi connectivity index (χ2n) is 10.2. The van der Waals surface area contributed by atoms with E-state index in [9.17, 15) is 9.90 Å². The number of nitrogens with zero attached hydrogens (tertiary/aromatic N) is 2. The summed E-state index contributed by atoms with van der Waals surface area (Å²) in [7, 11) is 0. The highest BCUT2D eigenvalue weighted by Crippen LogP contribution is 2.34. The Balaban J connectivity index is 1.48. The predicted molar refractivity (Wildman–Crippen MR) is 174 cm³/mol. The summed E-state index contributed by atoms with van der Waals surface area (Å²) in [5.74, 6) is -0.866. The van der Waals surface area contributed by atoms with Gasteiger partial charge in [-0.2, -0.15) is 0 Å². The Morgan fingerprint density at radius 3 is 1.32 bits per heavy atom. The zero-order chi connectivity index (χ0) is 29.1. The van der Waals surface area contributed by atoms with Crippen LogP contribution < -0.4 is 9.80 Å². The molecule has 0 saturated heterocycles. The van der Waals surface area contributed by atoms with Gasteiger partial charge in [0, 0.05) is 37.6 Å². The fourth-order valence-electron chi connectivity index (χ4n) is 5.02. The molecule has 0 aliphatic heterocycles. The summed E-state index contributed by atoms with van der Waals surface area (Å²) in [6.45, 7) is 9.30. The molecule has 4 heteroatoms. The molecule has 0 atom stereocenters. The van der Waals surface area contributed by atoms with Gasteiger partial charge in [0.1, 0.15) is 5.41 Å². The number of anilines is 2. The summed E-state index contributed by atoms with van der Waals surface area (Å²) in [5.41, 5.74) is 4.84. The molecule has 4 rings (SSSR count). The van der Waals surface area contributed by atoms with Gasteiger partial charge in [-0.25, -0.2) is 0 Å². The smallest absolute Gasteiger partial charge is 0.318 e. The van der Waals surface area contributed by atoms with E-state index in [4.69, 9.17) is 0 Å². The molecule has 0 aliphatic carbocycles. The molecule has 0 saturated carbocycles. The maximum atomic E-state index is 12.7. The first kappa shape index (κ1) is 29.4. The molecule has 4 aromatic rings. The van der Waals surface area contributed by atoms with Crippen LogP contribution in [0.4, 0.5) is 11.4 Å². The molecular formula is C37H40N2O2. The van der Waals surface area contributed by atoms with E-state index in [2.05, 4.69) is 72.2 Å². The highest BCUT2D eigenvalue weighted by molar-refractivity contribution is 5.86. The highest BCUT2D eigenvalue weighted by Gasteiger charge is 2.37. The van der Waals surface area contributed by atoms with Crippen molar-refractivity contribution in [3.05, 3.63) is 144 Å². The zero-order valence-electron chi connectivity index (χ0n) is 24.3.